The van der Waals surface area contributed by atoms with Crippen LogP contribution in [0.4, 0.5) is 5.69 Å². The number of anilines is 1. The SMILES string of the molecule is Cc1c(-c2cccc(Cl)c2)c(C)c(N2CCCCC2)c(C#N)c1-c1ccccc1. The second-order valence-electron chi connectivity index (χ2n) is 7.76. The van der Waals surface area contributed by atoms with Gasteiger partial charge in [-0.05, 0) is 73.1 Å². The minimum atomic E-state index is 0.728. The van der Waals surface area contributed by atoms with Crippen molar-refractivity contribution in [3.63, 3.8) is 0 Å². The summed E-state index contributed by atoms with van der Waals surface area (Å²) in [6.07, 6.45) is 3.60. The number of rotatable bonds is 3. The highest BCUT2D eigenvalue weighted by Crippen LogP contribution is 2.44. The Kier molecular flexibility index (Phi) is 5.60. The summed E-state index contributed by atoms with van der Waals surface area (Å²) < 4.78 is 0. The number of nitrogens with zero attached hydrogens (tertiary/aromatic N) is 2. The van der Waals surface area contributed by atoms with Crippen LogP contribution in [0.2, 0.25) is 5.02 Å². The van der Waals surface area contributed by atoms with Crippen LogP contribution in [0.15, 0.2) is 54.6 Å². The van der Waals surface area contributed by atoms with Gasteiger partial charge in [-0.2, -0.15) is 5.26 Å². The topological polar surface area (TPSA) is 27.0 Å². The minimum absolute atomic E-state index is 0.728. The Hall–Kier alpha value is -2.76. The van der Waals surface area contributed by atoms with E-state index in [0.717, 1.165) is 51.6 Å². The molecular formula is C26H25ClN2. The van der Waals surface area contributed by atoms with Crippen LogP contribution in [0.1, 0.15) is 36.0 Å². The monoisotopic (exact) mass is 400 g/mol. The summed E-state index contributed by atoms with van der Waals surface area (Å²) in [6.45, 7) is 6.29. The van der Waals surface area contributed by atoms with Gasteiger partial charge in [-0.3, -0.25) is 0 Å². The highest BCUT2D eigenvalue weighted by molar-refractivity contribution is 6.30. The molecule has 3 aromatic carbocycles. The smallest absolute Gasteiger partial charge is 0.102 e. The fourth-order valence-corrected chi connectivity index (χ4v) is 4.87. The molecule has 29 heavy (non-hydrogen) atoms. The summed E-state index contributed by atoms with van der Waals surface area (Å²) in [5, 5.41) is 11.0. The van der Waals surface area contributed by atoms with Crippen molar-refractivity contribution in [1.82, 2.24) is 0 Å². The van der Waals surface area contributed by atoms with E-state index in [0.29, 0.717) is 0 Å². The molecule has 3 aromatic rings. The second kappa shape index (κ2) is 8.31. The first kappa shape index (κ1) is 19.6. The quantitative estimate of drug-likeness (QED) is 0.466. The molecule has 0 aromatic heterocycles. The lowest BCUT2D eigenvalue weighted by molar-refractivity contribution is 0.577. The Morgan fingerprint density at radius 3 is 2.17 bits per heavy atom. The van der Waals surface area contributed by atoms with Gasteiger partial charge in [0, 0.05) is 23.7 Å². The molecular weight excluding hydrogens is 376 g/mol. The van der Waals surface area contributed by atoms with Gasteiger partial charge in [-0.25, -0.2) is 0 Å². The average molecular weight is 401 g/mol. The minimum Gasteiger partial charge on any atom is -0.370 e. The number of hydrogen-bond acceptors (Lipinski definition) is 2. The molecule has 0 aliphatic carbocycles. The van der Waals surface area contributed by atoms with Gasteiger partial charge in [0.2, 0.25) is 0 Å². The van der Waals surface area contributed by atoms with Gasteiger partial charge in [0.15, 0.2) is 0 Å². The molecule has 2 nitrogen and oxygen atoms in total. The third-order valence-corrected chi connectivity index (χ3v) is 6.16. The molecule has 0 radical (unpaired) electrons. The zero-order chi connectivity index (χ0) is 20.4. The van der Waals surface area contributed by atoms with Crippen LogP contribution in [-0.2, 0) is 0 Å². The summed E-state index contributed by atoms with van der Waals surface area (Å²) in [6, 6.07) is 20.9. The van der Waals surface area contributed by atoms with Crippen molar-refractivity contribution in [2.24, 2.45) is 0 Å². The first-order valence-corrected chi connectivity index (χ1v) is 10.6. The molecule has 4 rings (SSSR count). The van der Waals surface area contributed by atoms with E-state index in [4.69, 9.17) is 11.6 Å². The Labute approximate surface area is 178 Å². The first-order chi connectivity index (χ1) is 14.1. The zero-order valence-electron chi connectivity index (χ0n) is 17.0. The zero-order valence-corrected chi connectivity index (χ0v) is 17.8. The Morgan fingerprint density at radius 2 is 1.52 bits per heavy atom. The summed E-state index contributed by atoms with van der Waals surface area (Å²) in [4.78, 5) is 2.41. The molecule has 1 saturated heterocycles. The predicted molar refractivity (Wildman–Crippen MR) is 123 cm³/mol. The second-order valence-corrected chi connectivity index (χ2v) is 8.20. The van der Waals surface area contributed by atoms with E-state index < -0.39 is 0 Å². The number of piperidine rings is 1. The van der Waals surface area contributed by atoms with Crippen molar-refractivity contribution in [3.8, 4) is 28.3 Å². The molecule has 0 saturated carbocycles. The molecule has 0 amide bonds. The molecule has 1 fully saturated rings. The van der Waals surface area contributed by atoms with Gasteiger partial charge in [-0.15, -0.1) is 0 Å². The molecule has 1 aliphatic heterocycles. The third kappa shape index (κ3) is 3.63. The van der Waals surface area contributed by atoms with Crippen LogP contribution in [0.5, 0.6) is 0 Å². The maximum Gasteiger partial charge on any atom is 0.102 e. The van der Waals surface area contributed by atoms with Gasteiger partial charge >= 0.3 is 0 Å². The lowest BCUT2D eigenvalue weighted by Crippen LogP contribution is -2.31. The normalized spacial score (nSPS) is 13.9. The molecule has 0 spiro atoms. The van der Waals surface area contributed by atoms with Crippen LogP contribution < -0.4 is 4.90 Å². The molecule has 146 valence electrons. The molecule has 1 heterocycles. The third-order valence-electron chi connectivity index (χ3n) is 5.93. The standard InChI is InChI=1S/C26H25ClN2/c1-18-24(21-12-9-13-22(27)16-21)19(2)26(29-14-7-4-8-15-29)23(17-28)25(18)20-10-5-3-6-11-20/h3,5-6,9-13,16H,4,7-8,14-15H2,1-2H3. The van der Waals surface area contributed by atoms with Crippen LogP contribution >= 0.6 is 11.6 Å². The van der Waals surface area contributed by atoms with Gasteiger partial charge in [0.25, 0.3) is 0 Å². The van der Waals surface area contributed by atoms with E-state index in [1.807, 2.05) is 36.4 Å². The van der Waals surface area contributed by atoms with Crippen LogP contribution in [0.3, 0.4) is 0 Å². The highest BCUT2D eigenvalue weighted by atomic mass is 35.5. The van der Waals surface area contributed by atoms with Crippen molar-refractivity contribution >= 4 is 17.3 Å². The largest absolute Gasteiger partial charge is 0.370 e. The van der Waals surface area contributed by atoms with Crippen LogP contribution in [0, 0.1) is 25.2 Å². The van der Waals surface area contributed by atoms with Crippen molar-refractivity contribution in [2.45, 2.75) is 33.1 Å². The van der Waals surface area contributed by atoms with Gasteiger partial charge in [0.1, 0.15) is 6.07 Å². The molecule has 1 aliphatic rings. The van der Waals surface area contributed by atoms with E-state index in [2.05, 4.69) is 43.0 Å². The average Bonchev–Trinajstić information content (AvgIpc) is 2.74. The van der Waals surface area contributed by atoms with E-state index >= 15 is 0 Å². The highest BCUT2D eigenvalue weighted by Gasteiger charge is 2.25. The van der Waals surface area contributed by atoms with Crippen molar-refractivity contribution < 1.29 is 0 Å². The summed E-state index contributed by atoms with van der Waals surface area (Å²) in [5.74, 6) is 0. The Bertz CT molecular complexity index is 1070. The van der Waals surface area contributed by atoms with Gasteiger partial charge < -0.3 is 4.90 Å². The van der Waals surface area contributed by atoms with E-state index in [1.54, 1.807) is 0 Å². The molecule has 0 atom stereocenters. The fraction of sp³-hybridized carbons (Fsp3) is 0.269. The number of benzene rings is 3. The van der Waals surface area contributed by atoms with Crippen molar-refractivity contribution in [1.29, 1.82) is 5.26 Å². The van der Waals surface area contributed by atoms with E-state index in [9.17, 15) is 5.26 Å². The summed E-state index contributed by atoms with van der Waals surface area (Å²) >= 11 is 6.34. The maximum absolute atomic E-state index is 10.2. The molecule has 0 bridgehead atoms. The lowest BCUT2D eigenvalue weighted by Gasteiger charge is -2.33. The van der Waals surface area contributed by atoms with Gasteiger partial charge in [0.05, 0.1) is 11.3 Å². The first-order valence-electron chi connectivity index (χ1n) is 10.3. The van der Waals surface area contributed by atoms with E-state index in [-0.39, 0.29) is 0 Å². The fourth-order valence-electron chi connectivity index (χ4n) is 4.68. The molecule has 3 heteroatoms. The molecule has 0 unspecified atom stereocenters. The van der Waals surface area contributed by atoms with Crippen molar-refractivity contribution in [3.05, 3.63) is 76.3 Å². The lowest BCUT2D eigenvalue weighted by atomic mass is 9.84. The number of nitriles is 1. The number of hydrogen-bond donors (Lipinski definition) is 0. The number of halogens is 1. The summed E-state index contributed by atoms with van der Waals surface area (Å²) in [5.41, 5.74) is 8.59. The predicted octanol–water partition coefficient (Wildman–Crippen LogP) is 7.15. The van der Waals surface area contributed by atoms with Gasteiger partial charge in [-0.1, -0.05) is 54.1 Å². The maximum atomic E-state index is 10.2. The Morgan fingerprint density at radius 1 is 0.828 bits per heavy atom. The van der Waals surface area contributed by atoms with Crippen LogP contribution in [-0.4, -0.2) is 13.1 Å². The molecule has 0 N–H and O–H groups in total. The summed E-state index contributed by atoms with van der Waals surface area (Å²) in [7, 11) is 0. The van der Waals surface area contributed by atoms with E-state index in [1.165, 1.54) is 30.4 Å². The van der Waals surface area contributed by atoms with Crippen molar-refractivity contribution in [2.75, 3.05) is 18.0 Å². The van der Waals surface area contributed by atoms with Crippen LogP contribution in [0.25, 0.3) is 22.3 Å². The Balaban J connectivity index is 2.07.